The second-order valence-corrected chi connectivity index (χ2v) is 5.35. The average molecular weight is 326 g/mol. The Labute approximate surface area is 120 Å². The van der Waals surface area contributed by atoms with Crippen molar-refractivity contribution in [3.8, 4) is 0 Å². The molecule has 0 radical (unpaired) electrons. The predicted molar refractivity (Wildman–Crippen MR) is 77.3 cm³/mol. The standard InChI is InChI=1S/C14H17BrFN3/c1-3-10-8-13(19(2)18-10)12(17)7-9-5-4-6-11(16)14(9)15/h4-6,8,12H,3,7,17H2,1-2H3. The maximum absolute atomic E-state index is 13.5. The number of nitrogens with two attached hydrogens (primary N) is 1. The first-order valence-corrected chi connectivity index (χ1v) is 7.03. The summed E-state index contributed by atoms with van der Waals surface area (Å²) >= 11 is 3.27. The number of hydrogen-bond donors (Lipinski definition) is 1. The van der Waals surface area contributed by atoms with Gasteiger partial charge in [-0.05, 0) is 46.5 Å². The van der Waals surface area contributed by atoms with E-state index in [4.69, 9.17) is 5.73 Å². The van der Waals surface area contributed by atoms with Crippen LogP contribution in [0.2, 0.25) is 0 Å². The third-order valence-corrected chi connectivity index (χ3v) is 4.07. The largest absolute Gasteiger partial charge is 0.322 e. The Morgan fingerprint density at radius 1 is 1.47 bits per heavy atom. The molecular formula is C14H17BrFN3. The summed E-state index contributed by atoms with van der Waals surface area (Å²) in [6, 6.07) is 6.82. The Morgan fingerprint density at radius 3 is 2.84 bits per heavy atom. The molecule has 0 spiro atoms. The van der Waals surface area contributed by atoms with Gasteiger partial charge in [-0.3, -0.25) is 4.68 Å². The van der Waals surface area contributed by atoms with Crippen LogP contribution < -0.4 is 5.73 Å². The van der Waals surface area contributed by atoms with Crippen LogP contribution in [0.1, 0.15) is 29.9 Å². The molecule has 102 valence electrons. The zero-order chi connectivity index (χ0) is 14.0. The van der Waals surface area contributed by atoms with E-state index in [1.807, 2.05) is 19.2 Å². The number of halogens is 2. The lowest BCUT2D eigenvalue weighted by Gasteiger charge is -2.13. The Kier molecular flexibility index (Phi) is 4.37. The highest BCUT2D eigenvalue weighted by Crippen LogP contribution is 2.25. The summed E-state index contributed by atoms with van der Waals surface area (Å²) in [7, 11) is 1.88. The second kappa shape index (κ2) is 5.84. The molecule has 1 aromatic heterocycles. The van der Waals surface area contributed by atoms with Crippen molar-refractivity contribution >= 4 is 15.9 Å². The second-order valence-electron chi connectivity index (χ2n) is 4.56. The molecule has 0 saturated heterocycles. The zero-order valence-electron chi connectivity index (χ0n) is 11.0. The van der Waals surface area contributed by atoms with Gasteiger partial charge in [0.1, 0.15) is 5.82 Å². The van der Waals surface area contributed by atoms with Crippen LogP contribution in [0.5, 0.6) is 0 Å². The van der Waals surface area contributed by atoms with E-state index in [-0.39, 0.29) is 11.9 Å². The molecule has 2 rings (SSSR count). The normalized spacial score (nSPS) is 12.7. The number of aromatic nitrogens is 2. The molecule has 1 aromatic carbocycles. The fourth-order valence-electron chi connectivity index (χ4n) is 2.11. The van der Waals surface area contributed by atoms with Crippen LogP contribution in [0.15, 0.2) is 28.7 Å². The van der Waals surface area contributed by atoms with Gasteiger partial charge in [0.15, 0.2) is 0 Å². The zero-order valence-corrected chi connectivity index (χ0v) is 12.6. The van der Waals surface area contributed by atoms with E-state index in [0.29, 0.717) is 10.9 Å². The summed E-state index contributed by atoms with van der Waals surface area (Å²) in [5, 5.41) is 4.38. The molecule has 0 saturated carbocycles. The monoisotopic (exact) mass is 325 g/mol. The van der Waals surface area contributed by atoms with Gasteiger partial charge < -0.3 is 5.73 Å². The number of rotatable bonds is 4. The minimum atomic E-state index is -0.260. The molecule has 1 unspecified atom stereocenters. The van der Waals surface area contributed by atoms with Gasteiger partial charge in [-0.25, -0.2) is 4.39 Å². The number of benzene rings is 1. The molecule has 1 heterocycles. The van der Waals surface area contributed by atoms with Crippen LogP contribution in [-0.4, -0.2) is 9.78 Å². The first kappa shape index (κ1) is 14.2. The van der Waals surface area contributed by atoms with E-state index in [0.717, 1.165) is 23.4 Å². The van der Waals surface area contributed by atoms with Crippen LogP contribution >= 0.6 is 15.9 Å². The molecule has 0 aliphatic carbocycles. The molecule has 2 aromatic rings. The molecule has 0 bridgehead atoms. The van der Waals surface area contributed by atoms with Gasteiger partial charge in [-0.15, -0.1) is 0 Å². The minimum Gasteiger partial charge on any atom is -0.322 e. The maximum atomic E-state index is 13.5. The Balaban J connectivity index is 2.22. The fourth-order valence-corrected chi connectivity index (χ4v) is 2.54. The van der Waals surface area contributed by atoms with Gasteiger partial charge in [0.05, 0.1) is 21.9 Å². The van der Waals surface area contributed by atoms with Crippen molar-refractivity contribution in [1.82, 2.24) is 9.78 Å². The molecule has 1 atom stereocenters. The highest BCUT2D eigenvalue weighted by atomic mass is 79.9. The predicted octanol–water partition coefficient (Wildman–Crippen LogP) is 3.13. The molecule has 2 N–H and O–H groups in total. The summed E-state index contributed by atoms with van der Waals surface area (Å²) in [5.41, 5.74) is 9.06. The first-order chi connectivity index (χ1) is 9.02. The molecule has 0 fully saturated rings. The smallest absolute Gasteiger partial charge is 0.137 e. The fraction of sp³-hybridized carbons (Fsp3) is 0.357. The van der Waals surface area contributed by atoms with Gasteiger partial charge in [0, 0.05) is 7.05 Å². The lowest BCUT2D eigenvalue weighted by Crippen LogP contribution is -2.17. The first-order valence-electron chi connectivity index (χ1n) is 6.24. The van der Waals surface area contributed by atoms with E-state index >= 15 is 0 Å². The van der Waals surface area contributed by atoms with Crippen LogP contribution in [0.25, 0.3) is 0 Å². The topological polar surface area (TPSA) is 43.8 Å². The van der Waals surface area contributed by atoms with Crippen LogP contribution in [0.3, 0.4) is 0 Å². The Bertz CT molecular complexity index is 580. The van der Waals surface area contributed by atoms with E-state index < -0.39 is 0 Å². The van der Waals surface area contributed by atoms with Gasteiger partial charge in [0.2, 0.25) is 0 Å². The van der Waals surface area contributed by atoms with Gasteiger partial charge in [0.25, 0.3) is 0 Å². The molecule has 0 aliphatic rings. The third-order valence-electron chi connectivity index (χ3n) is 3.18. The van der Waals surface area contributed by atoms with Crippen LogP contribution in [0.4, 0.5) is 4.39 Å². The van der Waals surface area contributed by atoms with Crippen LogP contribution in [-0.2, 0) is 19.9 Å². The Hall–Kier alpha value is -1.20. The number of aryl methyl sites for hydroxylation is 2. The van der Waals surface area contributed by atoms with Crippen molar-refractivity contribution < 1.29 is 4.39 Å². The third kappa shape index (κ3) is 3.04. The quantitative estimate of drug-likeness (QED) is 0.938. The summed E-state index contributed by atoms with van der Waals surface area (Å²) < 4.78 is 15.8. The van der Waals surface area contributed by atoms with Crippen LogP contribution in [0, 0.1) is 5.82 Å². The van der Waals surface area contributed by atoms with E-state index in [9.17, 15) is 4.39 Å². The van der Waals surface area contributed by atoms with Crippen molar-refractivity contribution in [3.05, 3.63) is 51.5 Å². The van der Waals surface area contributed by atoms with Crippen molar-refractivity contribution in [3.63, 3.8) is 0 Å². The highest BCUT2D eigenvalue weighted by Gasteiger charge is 2.15. The highest BCUT2D eigenvalue weighted by molar-refractivity contribution is 9.10. The van der Waals surface area contributed by atoms with E-state index in [1.54, 1.807) is 10.7 Å². The van der Waals surface area contributed by atoms with Gasteiger partial charge >= 0.3 is 0 Å². The van der Waals surface area contributed by atoms with E-state index in [2.05, 4.69) is 28.0 Å². The van der Waals surface area contributed by atoms with Crippen molar-refractivity contribution in [2.45, 2.75) is 25.8 Å². The summed E-state index contributed by atoms with van der Waals surface area (Å²) in [6.45, 7) is 2.06. The molecule has 3 nitrogen and oxygen atoms in total. The van der Waals surface area contributed by atoms with Crippen molar-refractivity contribution in [2.24, 2.45) is 12.8 Å². The number of nitrogens with zero attached hydrogens (tertiary/aromatic N) is 2. The Morgan fingerprint density at radius 2 is 2.21 bits per heavy atom. The lowest BCUT2D eigenvalue weighted by molar-refractivity contribution is 0.598. The van der Waals surface area contributed by atoms with Gasteiger partial charge in [-0.2, -0.15) is 5.10 Å². The average Bonchev–Trinajstić information content (AvgIpc) is 2.76. The maximum Gasteiger partial charge on any atom is 0.137 e. The van der Waals surface area contributed by atoms with Gasteiger partial charge in [-0.1, -0.05) is 19.1 Å². The van der Waals surface area contributed by atoms with E-state index in [1.165, 1.54) is 6.07 Å². The molecule has 19 heavy (non-hydrogen) atoms. The van der Waals surface area contributed by atoms with Crippen molar-refractivity contribution in [2.75, 3.05) is 0 Å². The molecule has 5 heteroatoms. The van der Waals surface area contributed by atoms with Crippen molar-refractivity contribution in [1.29, 1.82) is 0 Å². The summed E-state index contributed by atoms with van der Waals surface area (Å²) in [6.07, 6.45) is 1.45. The molecule has 0 aliphatic heterocycles. The minimum absolute atomic E-state index is 0.198. The SMILES string of the molecule is CCc1cc(C(N)Cc2cccc(F)c2Br)n(C)n1. The summed E-state index contributed by atoms with van der Waals surface area (Å²) in [4.78, 5) is 0. The summed E-state index contributed by atoms with van der Waals surface area (Å²) in [5.74, 6) is -0.260. The molecule has 0 amide bonds. The molecular weight excluding hydrogens is 309 g/mol. The lowest BCUT2D eigenvalue weighted by atomic mass is 10.0. The number of hydrogen-bond acceptors (Lipinski definition) is 2.